The Balaban J connectivity index is 1.40. The van der Waals surface area contributed by atoms with Crippen LogP contribution in [-0.2, 0) is 11.4 Å². The van der Waals surface area contributed by atoms with Gasteiger partial charge in [0.15, 0.2) is 5.82 Å². The molecule has 3 N–H and O–H groups in total. The number of rotatable bonds is 8. The van der Waals surface area contributed by atoms with Gasteiger partial charge in [-0.25, -0.2) is 4.68 Å². The number of hydrogen-bond acceptors (Lipinski definition) is 6. The van der Waals surface area contributed by atoms with Crippen molar-refractivity contribution in [3.05, 3.63) is 89.7 Å². The summed E-state index contributed by atoms with van der Waals surface area (Å²) in [4.78, 5) is 12.9. The first-order valence-electron chi connectivity index (χ1n) is 10.9. The van der Waals surface area contributed by atoms with Crippen molar-refractivity contribution in [2.45, 2.75) is 37.8 Å². The summed E-state index contributed by atoms with van der Waals surface area (Å²) >= 11 is 1.24. The summed E-state index contributed by atoms with van der Waals surface area (Å²) in [5.74, 6) is 7.29. The van der Waals surface area contributed by atoms with Gasteiger partial charge in [-0.2, -0.15) is 0 Å². The number of benzene rings is 3. The van der Waals surface area contributed by atoms with Gasteiger partial charge in [0, 0.05) is 11.3 Å². The van der Waals surface area contributed by atoms with Gasteiger partial charge < -0.3 is 15.9 Å². The molecule has 174 valence electrons. The van der Waals surface area contributed by atoms with Crippen LogP contribution < -0.4 is 15.9 Å². The van der Waals surface area contributed by atoms with Crippen molar-refractivity contribution in [1.29, 1.82) is 0 Å². The number of nitrogen functional groups attached to an aromatic ring is 1. The summed E-state index contributed by atoms with van der Waals surface area (Å²) in [5, 5.41) is 11.3. The average molecular weight is 474 g/mol. The van der Waals surface area contributed by atoms with E-state index in [-0.39, 0.29) is 12.5 Å². The van der Waals surface area contributed by atoms with E-state index in [0.29, 0.717) is 11.0 Å². The number of aromatic nitrogens is 3. The second kappa shape index (κ2) is 10.4. The molecular formula is C26H27N5O2S. The highest BCUT2D eigenvalue weighted by atomic mass is 32.2. The Morgan fingerprint density at radius 3 is 2.56 bits per heavy atom. The van der Waals surface area contributed by atoms with Crippen molar-refractivity contribution in [3.63, 3.8) is 0 Å². The topological polar surface area (TPSA) is 95.1 Å². The minimum atomic E-state index is -0.441. The first kappa shape index (κ1) is 23.4. The number of hydrogen-bond donors (Lipinski definition) is 2. The van der Waals surface area contributed by atoms with E-state index < -0.39 is 5.25 Å². The molecule has 34 heavy (non-hydrogen) atoms. The number of carbonyl (C=O) groups is 1. The Labute approximate surface area is 203 Å². The van der Waals surface area contributed by atoms with Crippen molar-refractivity contribution in [2.24, 2.45) is 0 Å². The molecule has 7 nitrogen and oxygen atoms in total. The molecule has 0 bridgehead atoms. The van der Waals surface area contributed by atoms with Crippen LogP contribution >= 0.6 is 11.8 Å². The molecule has 1 heterocycles. The second-order valence-corrected chi connectivity index (χ2v) is 9.30. The SMILES string of the molecule is Cc1ccc(OCc2nnc(S[C@@H](C)C(=O)Nc3ccccc3-c3ccccc3)n2N)c(C)c1. The number of nitrogens with one attached hydrogen (secondary N) is 1. The van der Waals surface area contributed by atoms with Gasteiger partial charge in [-0.05, 0) is 44.0 Å². The van der Waals surface area contributed by atoms with Crippen LogP contribution in [0.3, 0.4) is 0 Å². The summed E-state index contributed by atoms with van der Waals surface area (Å²) in [6.45, 7) is 6.02. The van der Waals surface area contributed by atoms with Crippen LogP contribution in [0.1, 0.15) is 23.9 Å². The van der Waals surface area contributed by atoms with Crippen LogP contribution in [0.2, 0.25) is 0 Å². The normalized spacial score (nSPS) is 11.7. The monoisotopic (exact) mass is 473 g/mol. The van der Waals surface area contributed by atoms with Crippen molar-refractivity contribution < 1.29 is 9.53 Å². The molecule has 0 fully saturated rings. The summed E-state index contributed by atoms with van der Waals surface area (Å²) in [6, 6.07) is 23.7. The molecule has 0 radical (unpaired) electrons. The maximum atomic E-state index is 12.9. The number of para-hydroxylation sites is 1. The lowest BCUT2D eigenvalue weighted by molar-refractivity contribution is -0.115. The third-order valence-electron chi connectivity index (χ3n) is 5.34. The van der Waals surface area contributed by atoms with Crippen molar-refractivity contribution >= 4 is 23.4 Å². The Bertz CT molecular complexity index is 1290. The van der Waals surface area contributed by atoms with Gasteiger partial charge in [0.1, 0.15) is 12.4 Å². The minimum absolute atomic E-state index is 0.149. The molecule has 8 heteroatoms. The third kappa shape index (κ3) is 5.40. The van der Waals surface area contributed by atoms with E-state index in [4.69, 9.17) is 10.6 Å². The van der Waals surface area contributed by atoms with Crippen LogP contribution in [-0.4, -0.2) is 26.0 Å². The van der Waals surface area contributed by atoms with Gasteiger partial charge in [-0.15, -0.1) is 10.2 Å². The molecule has 0 aliphatic rings. The van der Waals surface area contributed by atoms with E-state index in [0.717, 1.165) is 28.1 Å². The number of anilines is 1. The van der Waals surface area contributed by atoms with Gasteiger partial charge in [-0.3, -0.25) is 4.79 Å². The molecule has 3 aromatic carbocycles. The van der Waals surface area contributed by atoms with Crippen LogP contribution in [0.15, 0.2) is 78.0 Å². The smallest absolute Gasteiger partial charge is 0.237 e. The number of thioether (sulfide) groups is 1. The number of nitrogens with zero attached hydrogens (tertiary/aromatic N) is 3. The number of ether oxygens (including phenoxy) is 1. The van der Waals surface area contributed by atoms with Gasteiger partial charge >= 0.3 is 0 Å². The molecule has 1 atom stereocenters. The van der Waals surface area contributed by atoms with Crippen LogP contribution in [0, 0.1) is 13.8 Å². The molecule has 4 rings (SSSR count). The Morgan fingerprint density at radius 2 is 1.79 bits per heavy atom. The number of aryl methyl sites for hydroxylation is 2. The fourth-order valence-corrected chi connectivity index (χ4v) is 4.29. The largest absolute Gasteiger partial charge is 0.485 e. The van der Waals surface area contributed by atoms with Crippen LogP contribution in [0.5, 0.6) is 5.75 Å². The highest BCUT2D eigenvalue weighted by molar-refractivity contribution is 8.00. The Kier molecular flexibility index (Phi) is 7.18. The van der Waals surface area contributed by atoms with E-state index >= 15 is 0 Å². The zero-order valence-corrected chi connectivity index (χ0v) is 20.2. The number of nitrogens with two attached hydrogens (primary N) is 1. The molecule has 0 spiro atoms. The minimum Gasteiger partial charge on any atom is -0.485 e. The van der Waals surface area contributed by atoms with E-state index in [2.05, 4.69) is 21.6 Å². The third-order valence-corrected chi connectivity index (χ3v) is 6.40. The second-order valence-electron chi connectivity index (χ2n) is 7.99. The zero-order chi connectivity index (χ0) is 24.1. The molecule has 0 aliphatic heterocycles. The summed E-state index contributed by atoms with van der Waals surface area (Å²) in [6.07, 6.45) is 0. The number of amides is 1. The molecule has 1 aromatic heterocycles. The maximum absolute atomic E-state index is 12.9. The lowest BCUT2D eigenvalue weighted by atomic mass is 10.0. The van der Waals surface area contributed by atoms with E-state index in [1.165, 1.54) is 22.0 Å². The van der Waals surface area contributed by atoms with E-state index in [9.17, 15) is 4.79 Å². The molecule has 0 aliphatic carbocycles. The van der Waals surface area contributed by atoms with Crippen molar-refractivity contribution in [1.82, 2.24) is 14.9 Å². The van der Waals surface area contributed by atoms with Crippen molar-refractivity contribution in [2.75, 3.05) is 11.2 Å². The Morgan fingerprint density at radius 1 is 1.06 bits per heavy atom. The summed E-state index contributed by atoms with van der Waals surface area (Å²) < 4.78 is 7.24. The average Bonchev–Trinajstić information content (AvgIpc) is 3.18. The summed E-state index contributed by atoms with van der Waals surface area (Å²) in [5.41, 5.74) is 4.96. The van der Waals surface area contributed by atoms with Crippen molar-refractivity contribution in [3.8, 4) is 16.9 Å². The highest BCUT2D eigenvalue weighted by Crippen LogP contribution is 2.29. The predicted molar refractivity (Wildman–Crippen MR) is 136 cm³/mol. The molecular weight excluding hydrogens is 446 g/mol. The fraction of sp³-hybridized carbons (Fsp3) is 0.192. The maximum Gasteiger partial charge on any atom is 0.237 e. The van der Waals surface area contributed by atoms with E-state index in [1.807, 2.05) is 87.5 Å². The molecule has 4 aromatic rings. The first-order valence-corrected chi connectivity index (χ1v) is 11.8. The van der Waals surface area contributed by atoms with E-state index in [1.54, 1.807) is 0 Å². The van der Waals surface area contributed by atoms with Gasteiger partial charge in [0.25, 0.3) is 0 Å². The highest BCUT2D eigenvalue weighted by Gasteiger charge is 2.21. The van der Waals surface area contributed by atoms with Gasteiger partial charge in [0.05, 0.1) is 5.25 Å². The Hall–Kier alpha value is -3.78. The summed E-state index contributed by atoms with van der Waals surface area (Å²) in [7, 11) is 0. The standard InChI is InChI=1S/C26H27N5O2S/c1-17-13-14-23(18(2)15-17)33-16-24-29-30-26(31(24)27)34-19(3)25(32)28-22-12-8-7-11-21(22)20-9-5-4-6-10-20/h4-15,19H,16,27H2,1-3H3,(H,28,32)/t19-/m0/s1. The first-order chi connectivity index (χ1) is 16.4. The van der Waals surface area contributed by atoms with Gasteiger partial charge in [-0.1, -0.05) is 78.0 Å². The predicted octanol–water partition coefficient (Wildman–Crippen LogP) is 4.97. The fourth-order valence-electron chi connectivity index (χ4n) is 3.50. The van der Waals surface area contributed by atoms with Gasteiger partial charge in [0.2, 0.25) is 11.1 Å². The lowest BCUT2D eigenvalue weighted by Crippen LogP contribution is -2.24. The quantitative estimate of drug-likeness (QED) is 0.277. The molecule has 0 saturated heterocycles. The number of carbonyl (C=O) groups excluding carboxylic acids is 1. The molecule has 0 unspecified atom stereocenters. The van der Waals surface area contributed by atoms with Crippen LogP contribution in [0.4, 0.5) is 5.69 Å². The van der Waals surface area contributed by atoms with Crippen LogP contribution in [0.25, 0.3) is 11.1 Å². The zero-order valence-electron chi connectivity index (χ0n) is 19.4. The molecule has 1 amide bonds. The lowest BCUT2D eigenvalue weighted by Gasteiger charge is -2.15. The molecule has 0 saturated carbocycles.